The van der Waals surface area contributed by atoms with E-state index in [1.54, 1.807) is 7.11 Å². The van der Waals surface area contributed by atoms with Gasteiger partial charge in [0.2, 0.25) is 0 Å². The van der Waals surface area contributed by atoms with Gasteiger partial charge in [0.05, 0.1) is 14.2 Å². The molecule has 0 saturated heterocycles. The van der Waals surface area contributed by atoms with Crippen molar-refractivity contribution in [3.05, 3.63) is 40.6 Å². The first-order chi connectivity index (χ1) is 8.24. The van der Waals surface area contributed by atoms with Crippen LogP contribution in [0.15, 0.2) is 35.7 Å². The number of carbonyl (C=O) groups is 1. The minimum Gasteiger partial charge on any atom is -0.497 e. The lowest BCUT2D eigenvalue weighted by Crippen LogP contribution is -1.96. The molecule has 0 unspecified atom stereocenters. The second-order valence-electron chi connectivity index (χ2n) is 3.42. The van der Waals surface area contributed by atoms with Gasteiger partial charge in [-0.3, -0.25) is 0 Å². The number of rotatable bonds is 3. The van der Waals surface area contributed by atoms with Gasteiger partial charge >= 0.3 is 5.97 Å². The number of thiophene rings is 1. The third-order valence-electron chi connectivity index (χ3n) is 2.39. The zero-order valence-electron chi connectivity index (χ0n) is 9.60. The predicted molar refractivity (Wildman–Crippen MR) is 67.6 cm³/mol. The quantitative estimate of drug-likeness (QED) is 0.782. The number of hydrogen-bond donors (Lipinski definition) is 0. The van der Waals surface area contributed by atoms with Crippen LogP contribution < -0.4 is 4.74 Å². The summed E-state index contributed by atoms with van der Waals surface area (Å²) in [4.78, 5) is 11.9. The number of esters is 1. The number of methoxy groups -OCH3 is 2. The highest BCUT2D eigenvalue weighted by Gasteiger charge is 2.10. The Labute approximate surface area is 104 Å². The molecule has 0 bridgehead atoms. The molecule has 0 amide bonds. The van der Waals surface area contributed by atoms with Crippen molar-refractivity contribution in [3.63, 3.8) is 0 Å². The Kier molecular flexibility index (Phi) is 3.44. The van der Waals surface area contributed by atoms with Crippen LogP contribution >= 0.6 is 11.3 Å². The van der Waals surface area contributed by atoms with E-state index < -0.39 is 0 Å². The predicted octanol–water partition coefficient (Wildman–Crippen LogP) is 3.21. The third-order valence-corrected chi connectivity index (χ3v) is 3.30. The summed E-state index contributed by atoms with van der Waals surface area (Å²) in [6.45, 7) is 0. The van der Waals surface area contributed by atoms with E-state index in [-0.39, 0.29) is 5.97 Å². The molecule has 17 heavy (non-hydrogen) atoms. The average molecular weight is 248 g/mol. The van der Waals surface area contributed by atoms with E-state index in [0.717, 1.165) is 16.9 Å². The van der Waals surface area contributed by atoms with Crippen LogP contribution in [0.2, 0.25) is 0 Å². The highest BCUT2D eigenvalue weighted by Crippen LogP contribution is 2.28. The maximum absolute atomic E-state index is 11.3. The Bertz CT molecular complexity index is 531. The lowest BCUT2D eigenvalue weighted by molar-refractivity contribution is 0.0606. The fraction of sp³-hybridized carbons (Fsp3) is 0.154. The van der Waals surface area contributed by atoms with Crippen LogP contribution in [0.1, 0.15) is 9.67 Å². The van der Waals surface area contributed by atoms with Crippen molar-refractivity contribution in [2.45, 2.75) is 0 Å². The van der Waals surface area contributed by atoms with Gasteiger partial charge in [-0.05, 0) is 34.7 Å². The molecule has 0 atom stereocenters. The van der Waals surface area contributed by atoms with E-state index in [1.165, 1.54) is 18.4 Å². The summed E-state index contributed by atoms with van der Waals surface area (Å²) in [5.41, 5.74) is 2.02. The molecule has 88 valence electrons. The van der Waals surface area contributed by atoms with Gasteiger partial charge in [-0.25, -0.2) is 4.79 Å². The van der Waals surface area contributed by atoms with E-state index in [4.69, 9.17) is 4.74 Å². The molecule has 3 nitrogen and oxygen atoms in total. The molecule has 0 aliphatic heterocycles. The van der Waals surface area contributed by atoms with Crippen molar-refractivity contribution in [2.75, 3.05) is 14.2 Å². The molecule has 0 saturated carbocycles. The molecular weight excluding hydrogens is 236 g/mol. The maximum atomic E-state index is 11.3. The summed E-state index contributed by atoms with van der Waals surface area (Å²) < 4.78 is 9.84. The van der Waals surface area contributed by atoms with Crippen molar-refractivity contribution in [1.29, 1.82) is 0 Å². The van der Waals surface area contributed by atoms with Gasteiger partial charge in [0.1, 0.15) is 10.6 Å². The van der Waals surface area contributed by atoms with E-state index in [9.17, 15) is 4.79 Å². The van der Waals surface area contributed by atoms with Crippen molar-refractivity contribution in [3.8, 4) is 16.9 Å². The van der Waals surface area contributed by atoms with E-state index in [1.807, 2.05) is 35.7 Å². The fourth-order valence-electron chi connectivity index (χ4n) is 1.50. The van der Waals surface area contributed by atoms with Crippen LogP contribution in [-0.2, 0) is 4.74 Å². The van der Waals surface area contributed by atoms with Gasteiger partial charge in [-0.1, -0.05) is 12.1 Å². The Morgan fingerprint density at radius 1 is 1.18 bits per heavy atom. The molecule has 0 aliphatic rings. The van der Waals surface area contributed by atoms with Crippen molar-refractivity contribution in [2.24, 2.45) is 0 Å². The standard InChI is InChI=1S/C13H12O3S/c1-15-11-5-3-4-9(6-11)10-7-12(17-8-10)13(14)16-2/h3-8H,1-2H3. The molecular formula is C13H12O3S. The summed E-state index contributed by atoms with van der Waals surface area (Å²) in [6.07, 6.45) is 0. The molecule has 0 radical (unpaired) electrons. The number of ether oxygens (including phenoxy) is 2. The molecule has 0 fully saturated rings. The Hall–Kier alpha value is -1.81. The summed E-state index contributed by atoms with van der Waals surface area (Å²) in [6, 6.07) is 9.54. The van der Waals surface area contributed by atoms with Crippen molar-refractivity contribution in [1.82, 2.24) is 0 Å². The van der Waals surface area contributed by atoms with Gasteiger partial charge < -0.3 is 9.47 Å². The normalized spacial score (nSPS) is 10.0. The molecule has 0 spiro atoms. The fourth-order valence-corrected chi connectivity index (χ4v) is 2.33. The van der Waals surface area contributed by atoms with Gasteiger partial charge in [0, 0.05) is 0 Å². The van der Waals surface area contributed by atoms with Gasteiger partial charge in [0.15, 0.2) is 0 Å². The highest BCUT2D eigenvalue weighted by molar-refractivity contribution is 7.12. The minimum absolute atomic E-state index is 0.302. The molecule has 1 aromatic carbocycles. The molecule has 2 aromatic rings. The second-order valence-corrected chi connectivity index (χ2v) is 4.33. The zero-order valence-corrected chi connectivity index (χ0v) is 10.4. The monoisotopic (exact) mass is 248 g/mol. The Morgan fingerprint density at radius 2 is 2.00 bits per heavy atom. The van der Waals surface area contributed by atoms with Crippen LogP contribution in [0, 0.1) is 0 Å². The number of benzene rings is 1. The van der Waals surface area contributed by atoms with Gasteiger partial charge in [-0.2, -0.15) is 0 Å². The second kappa shape index (κ2) is 5.01. The molecule has 4 heteroatoms. The van der Waals surface area contributed by atoms with E-state index in [2.05, 4.69) is 4.74 Å². The first kappa shape index (κ1) is 11.7. The summed E-state index contributed by atoms with van der Waals surface area (Å²) >= 11 is 1.38. The lowest BCUT2D eigenvalue weighted by atomic mass is 10.1. The third kappa shape index (κ3) is 2.47. The minimum atomic E-state index is -0.302. The molecule has 0 N–H and O–H groups in total. The summed E-state index contributed by atoms with van der Waals surface area (Å²) in [5.74, 6) is 0.498. The first-order valence-corrected chi connectivity index (χ1v) is 5.94. The molecule has 1 aromatic heterocycles. The molecule has 1 heterocycles. The van der Waals surface area contributed by atoms with Crippen molar-refractivity contribution < 1.29 is 14.3 Å². The topological polar surface area (TPSA) is 35.5 Å². The summed E-state index contributed by atoms with van der Waals surface area (Å²) in [7, 11) is 3.01. The molecule has 0 aliphatic carbocycles. The Morgan fingerprint density at radius 3 is 2.71 bits per heavy atom. The van der Waals surface area contributed by atoms with E-state index >= 15 is 0 Å². The van der Waals surface area contributed by atoms with Gasteiger partial charge in [-0.15, -0.1) is 11.3 Å². The maximum Gasteiger partial charge on any atom is 0.348 e. The zero-order chi connectivity index (χ0) is 12.3. The SMILES string of the molecule is COC(=O)c1cc(-c2cccc(OC)c2)cs1. The van der Waals surface area contributed by atoms with Crippen LogP contribution in [0.4, 0.5) is 0 Å². The first-order valence-electron chi connectivity index (χ1n) is 5.06. The lowest BCUT2D eigenvalue weighted by Gasteiger charge is -2.01. The van der Waals surface area contributed by atoms with Crippen LogP contribution in [0.25, 0.3) is 11.1 Å². The van der Waals surface area contributed by atoms with Crippen LogP contribution in [0.5, 0.6) is 5.75 Å². The highest BCUT2D eigenvalue weighted by atomic mass is 32.1. The van der Waals surface area contributed by atoms with E-state index in [0.29, 0.717) is 4.88 Å². The molecule has 2 rings (SSSR count). The average Bonchev–Trinajstić information content (AvgIpc) is 2.87. The summed E-state index contributed by atoms with van der Waals surface area (Å²) in [5, 5.41) is 1.93. The largest absolute Gasteiger partial charge is 0.497 e. The van der Waals surface area contributed by atoms with Crippen LogP contribution in [-0.4, -0.2) is 20.2 Å². The number of carbonyl (C=O) groups excluding carboxylic acids is 1. The number of hydrogen-bond acceptors (Lipinski definition) is 4. The Balaban J connectivity index is 2.33. The van der Waals surface area contributed by atoms with Crippen LogP contribution in [0.3, 0.4) is 0 Å². The van der Waals surface area contributed by atoms with Gasteiger partial charge in [0.25, 0.3) is 0 Å². The smallest absolute Gasteiger partial charge is 0.348 e. The van der Waals surface area contributed by atoms with Crippen molar-refractivity contribution >= 4 is 17.3 Å².